The third kappa shape index (κ3) is 5.56. The van der Waals surface area contributed by atoms with Crippen LogP contribution in [0.25, 0.3) is 11.0 Å². The number of hydrogen-bond acceptors (Lipinski definition) is 3. The molecule has 1 aliphatic rings. The molecule has 220 valence electrons. The number of para-hydroxylation sites is 2. The van der Waals surface area contributed by atoms with Crippen molar-refractivity contribution in [3.8, 4) is 11.8 Å². The number of nitrogens with one attached hydrogen (secondary N) is 1. The molecular formula is C39H38N4O. The van der Waals surface area contributed by atoms with E-state index in [9.17, 15) is 4.79 Å². The molecule has 0 bridgehead atoms. The zero-order valence-corrected chi connectivity index (χ0v) is 25.7. The van der Waals surface area contributed by atoms with Gasteiger partial charge in [-0.1, -0.05) is 85.6 Å². The zero-order chi connectivity index (χ0) is 30.6. The summed E-state index contributed by atoms with van der Waals surface area (Å²) in [5.41, 5.74) is 7.97. The summed E-state index contributed by atoms with van der Waals surface area (Å²) < 4.78 is 2.40. The Morgan fingerprint density at radius 2 is 1.64 bits per heavy atom. The highest BCUT2D eigenvalue weighted by atomic mass is 16.2. The first-order valence-electron chi connectivity index (χ1n) is 15.5. The van der Waals surface area contributed by atoms with Crippen molar-refractivity contribution in [3.05, 3.63) is 136 Å². The van der Waals surface area contributed by atoms with Gasteiger partial charge in [-0.2, -0.15) is 0 Å². The van der Waals surface area contributed by atoms with Crippen molar-refractivity contribution in [2.75, 3.05) is 13.1 Å². The highest BCUT2D eigenvalue weighted by Gasteiger charge is 2.30. The third-order valence-electron chi connectivity index (χ3n) is 8.90. The van der Waals surface area contributed by atoms with E-state index in [0.717, 1.165) is 52.8 Å². The molecule has 1 N–H and O–H groups in total. The number of aromatic nitrogens is 2. The topological polar surface area (TPSA) is 62.0 Å². The van der Waals surface area contributed by atoms with E-state index in [1.54, 1.807) is 6.92 Å². The quantitative estimate of drug-likeness (QED) is 0.157. The SMILES string of the molecule is CC#Cc1cc(C(=O)N2CCC(c3nc4ccccc4n3C(C)c3ccccc3)CC2)ccc1C(=N)c1ccccc1CC. The lowest BCUT2D eigenvalue weighted by atomic mass is 9.91. The van der Waals surface area contributed by atoms with Crippen LogP contribution >= 0.6 is 0 Å². The van der Waals surface area contributed by atoms with Gasteiger partial charge in [0.15, 0.2) is 0 Å². The largest absolute Gasteiger partial charge is 0.339 e. The second kappa shape index (κ2) is 12.7. The van der Waals surface area contributed by atoms with Gasteiger partial charge in [-0.25, -0.2) is 4.98 Å². The second-order valence-corrected chi connectivity index (χ2v) is 11.5. The van der Waals surface area contributed by atoms with E-state index in [4.69, 9.17) is 10.4 Å². The van der Waals surface area contributed by atoms with Crippen LogP contribution in [-0.2, 0) is 6.42 Å². The molecule has 1 saturated heterocycles. The molecule has 1 unspecified atom stereocenters. The summed E-state index contributed by atoms with van der Waals surface area (Å²) in [5.74, 6) is 7.53. The van der Waals surface area contributed by atoms with Gasteiger partial charge < -0.3 is 9.47 Å². The van der Waals surface area contributed by atoms with Crippen LogP contribution in [0.3, 0.4) is 0 Å². The number of amides is 1. The number of nitrogens with zero attached hydrogens (tertiary/aromatic N) is 3. The maximum Gasteiger partial charge on any atom is 0.253 e. The Morgan fingerprint density at radius 3 is 2.39 bits per heavy atom. The fourth-order valence-electron chi connectivity index (χ4n) is 6.51. The summed E-state index contributed by atoms with van der Waals surface area (Å²) in [5, 5.41) is 8.98. The fourth-order valence-corrected chi connectivity index (χ4v) is 6.51. The van der Waals surface area contributed by atoms with Crippen LogP contribution < -0.4 is 0 Å². The first-order valence-corrected chi connectivity index (χ1v) is 15.5. The summed E-state index contributed by atoms with van der Waals surface area (Å²) in [7, 11) is 0. The number of imidazole rings is 1. The molecule has 0 saturated carbocycles. The van der Waals surface area contributed by atoms with Crippen LogP contribution in [-0.4, -0.2) is 39.2 Å². The molecule has 1 amide bonds. The first kappa shape index (κ1) is 29.1. The predicted octanol–water partition coefficient (Wildman–Crippen LogP) is 8.02. The van der Waals surface area contributed by atoms with E-state index in [0.29, 0.717) is 29.9 Å². The standard InChI is InChI=1S/C39H38N4O/c1-4-13-31-26-32(20-21-34(31)37(40)33-17-10-9-14-28(33)5-2)39(44)42-24-22-30(23-25-42)38-41-35-18-11-12-19-36(35)43(38)27(3)29-15-7-6-8-16-29/h6-12,14-21,26-27,30,40H,5,22-25H2,1-3H3. The maximum absolute atomic E-state index is 13.8. The van der Waals surface area contributed by atoms with Crippen LogP contribution in [0, 0.1) is 17.3 Å². The van der Waals surface area contributed by atoms with E-state index in [2.05, 4.69) is 84.9 Å². The number of carbonyl (C=O) groups is 1. The minimum absolute atomic E-state index is 0.0146. The number of fused-ring (bicyclic) bond motifs is 1. The lowest BCUT2D eigenvalue weighted by molar-refractivity contribution is 0.0710. The average Bonchev–Trinajstić information content (AvgIpc) is 3.47. The maximum atomic E-state index is 13.8. The van der Waals surface area contributed by atoms with Crippen LogP contribution in [0.1, 0.15) is 89.6 Å². The van der Waals surface area contributed by atoms with Crippen molar-refractivity contribution >= 4 is 22.7 Å². The van der Waals surface area contributed by atoms with Crippen molar-refractivity contribution in [2.45, 2.75) is 52.0 Å². The minimum atomic E-state index is 0.0146. The summed E-state index contributed by atoms with van der Waals surface area (Å²) >= 11 is 0. The third-order valence-corrected chi connectivity index (χ3v) is 8.90. The number of rotatable bonds is 7. The summed E-state index contributed by atoms with van der Waals surface area (Å²) in [6.07, 6.45) is 2.56. The molecule has 5 aromatic rings. The van der Waals surface area contributed by atoms with E-state index in [1.165, 1.54) is 5.56 Å². The van der Waals surface area contributed by atoms with Crippen molar-refractivity contribution in [1.82, 2.24) is 14.5 Å². The van der Waals surface area contributed by atoms with Gasteiger partial charge >= 0.3 is 0 Å². The Hall–Kier alpha value is -4.95. The monoisotopic (exact) mass is 578 g/mol. The molecule has 44 heavy (non-hydrogen) atoms. The Labute approximate surface area is 260 Å². The summed E-state index contributed by atoms with van der Waals surface area (Å²) in [6.45, 7) is 7.47. The van der Waals surface area contributed by atoms with Crippen LogP contribution in [0.2, 0.25) is 0 Å². The van der Waals surface area contributed by atoms with Gasteiger partial charge in [0.25, 0.3) is 5.91 Å². The molecule has 5 heteroatoms. The van der Waals surface area contributed by atoms with E-state index in [-0.39, 0.29) is 17.9 Å². The molecule has 0 radical (unpaired) electrons. The van der Waals surface area contributed by atoms with Gasteiger partial charge in [-0.15, -0.1) is 5.92 Å². The number of likely N-dealkylation sites (tertiary alicyclic amines) is 1. The average molecular weight is 579 g/mol. The molecule has 1 atom stereocenters. The van der Waals surface area contributed by atoms with Gasteiger partial charge in [0, 0.05) is 41.3 Å². The molecular weight excluding hydrogens is 540 g/mol. The Kier molecular flexibility index (Phi) is 8.43. The molecule has 0 aliphatic carbocycles. The lowest BCUT2D eigenvalue weighted by Gasteiger charge is -2.33. The van der Waals surface area contributed by atoms with Crippen molar-refractivity contribution < 1.29 is 4.79 Å². The van der Waals surface area contributed by atoms with Crippen LogP contribution in [0.4, 0.5) is 0 Å². The molecule has 2 heterocycles. The highest BCUT2D eigenvalue weighted by Crippen LogP contribution is 2.35. The van der Waals surface area contributed by atoms with E-state index in [1.807, 2.05) is 47.4 Å². The van der Waals surface area contributed by atoms with Crippen molar-refractivity contribution in [1.29, 1.82) is 5.41 Å². The summed E-state index contributed by atoms with van der Waals surface area (Å²) in [4.78, 5) is 20.8. The van der Waals surface area contributed by atoms with Crippen molar-refractivity contribution in [3.63, 3.8) is 0 Å². The zero-order valence-electron chi connectivity index (χ0n) is 25.7. The van der Waals surface area contributed by atoms with Crippen molar-refractivity contribution in [2.24, 2.45) is 0 Å². The molecule has 1 aliphatic heterocycles. The highest BCUT2D eigenvalue weighted by molar-refractivity contribution is 6.13. The fraction of sp³-hybridized carbons (Fsp3) is 0.256. The Balaban J connectivity index is 1.23. The molecule has 1 aromatic heterocycles. The minimum Gasteiger partial charge on any atom is -0.339 e. The van der Waals surface area contributed by atoms with Crippen LogP contribution in [0.5, 0.6) is 0 Å². The van der Waals surface area contributed by atoms with Gasteiger partial charge in [0.05, 0.1) is 22.8 Å². The number of piperidine rings is 1. The summed E-state index contributed by atoms with van der Waals surface area (Å²) in [6, 6.07) is 32.7. The molecule has 5 nitrogen and oxygen atoms in total. The normalized spacial score (nSPS) is 14.2. The predicted molar refractivity (Wildman–Crippen MR) is 179 cm³/mol. The van der Waals surface area contributed by atoms with E-state index >= 15 is 0 Å². The lowest BCUT2D eigenvalue weighted by Crippen LogP contribution is -2.38. The second-order valence-electron chi connectivity index (χ2n) is 11.5. The molecule has 1 fully saturated rings. The van der Waals surface area contributed by atoms with Gasteiger partial charge in [0.2, 0.25) is 0 Å². The van der Waals surface area contributed by atoms with Gasteiger partial charge in [0.1, 0.15) is 5.82 Å². The van der Waals surface area contributed by atoms with E-state index < -0.39 is 0 Å². The number of benzene rings is 4. The molecule has 4 aromatic carbocycles. The first-order chi connectivity index (χ1) is 21.5. The molecule has 6 rings (SSSR count). The number of aryl methyl sites for hydroxylation is 1. The molecule has 0 spiro atoms. The smallest absolute Gasteiger partial charge is 0.253 e. The Bertz CT molecular complexity index is 1880. The number of hydrogen-bond donors (Lipinski definition) is 1. The van der Waals surface area contributed by atoms with Gasteiger partial charge in [-0.3, -0.25) is 10.2 Å². The Morgan fingerprint density at radius 1 is 0.932 bits per heavy atom. The van der Waals surface area contributed by atoms with Crippen LogP contribution in [0.15, 0.2) is 97.1 Å². The van der Waals surface area contributed by atoms with Gasteiger partial charge in [-0.05, 0) is 68.5 Å². The number of carbonyl (C=O) groups excluding carboxylic acids is 1.